The molecule has 1 aliphatic carbocycles. The molecule has 0 spiro atoms. The fourth-order valence-electron chi connectivity index (χ4n) is 2.74. The van der Waals surface area contributed by atoms with Crippen molar-refractivity contribution in [2.45, 2.75) is 63.3 Å². The summed E-state index contributed by atoms with van der Waals surface area (Å²) >= 11 is 0. The number of aliphatic carboxylic acids is 1. The highest BCUT2D eigenvalue weighted by Crippen LogP contribution is 2.27. The molecule has 1 rings (SSSR count). The quantitative estimate of drug-likeness (QED) is 0.474. The number of hydrogen-bond acceptors (Lipinski definition) is 3. The largest absolute Gasteiger partial charge is 0.480 e. The van der Waals surface area contributed by atoms with Crippen LogP contribution in [-0.4, -0.2) is 42.9 Å². The van der Waals surface area contributed by atoms with Crippen molar-refractivity contribution >= 4 is 12.0 Å². The molecular weight excluding hydrogens is 272 g/mol. The second kappa shape index (κ2) is 9.60. The number of rotatable bonds is 8. The Morgan fingerprint density at radius 2 is 1.76 bits per heavy atom. The molecule has 21 heavy (non-hydrogen) atoms. The number of methoxy groups -OCH3 is 1. The summed E-state index contributed by atoms with van der Waals surface area (Å²) < 4.78 is 4.96. The van der Waals surface area contributed by atoms with Crippen LogP contribution < -0.4 is 10.6 Å². The fraction of sp³-hybridized carbons (Fsp3) is 0.867. The standard InChI is InChI=1S/C15H28N2O4/c1-21-12-8-4-7-11-16-14(20)17-15(13(18)19)9-5-2-3-6-10-15/h2-12H2,1H3,(H,18,19)(H2,16,17,20). The van der Waals surface area contributed by atoms with Gasteiger partial charge < -0.3 is 20.5 Å². The van der Waals surface area contributed by atoms with E-state index in [9.17, 15) is 14.7 Å². The maximum Gasteiger partial charge on any atom is 0.329 e. The number of unbranched alkanes of at least 4 members (excludes halogenated alkanes) is 2. The average molecular weight is 300 g/mol. The predicted molar refractivity (Wildman–Crippen MR) is 80.3 cm³/mol. The Morgan fingerprint density at radius 1 is 1.10 bits per heavy atom. The highest BCUT2D eigenvalue weighted by atomic mass is 16.5. The number of nitrogens with one attached hydrogen (secondary N) is 2. The van der Waals surface area contributed by atoms with Gasteiger partial charge in [0.2, 0.25) is 0 Å². The highest BCUT2D eigenvalue weighted by molar-refractivity contribution is 5.86. The first-order valence-electron chi connectivity index (χ1n) is 7.89. The lowest BCUT2D eigenvalue weighted by atomic mass is 9.90. The first kappa shape index (κ1) is 17.8. The molecule has 1 saturated carbocycles. The molecule has 6 nitrogen and oxygen atoms in total. The van der Waals surface area contributed by atoms with Gasteiger partial charge in [-0.3, -0.25) is 0 Å². The number of carbonyl (C=O) groups excluding carboxylic acids is 1. The lowest BCUT2D eigenvalue weighted by molar-refractivity contribution is -0.145. The van der Waals surface area contributed by atoms with E-state index in [4.69, 9.17) is 4.74 Å². The van der Waals surface area contributed by atoms with Crippen molar-refractivity contribution < 1.29 is 19.4 Å². The van der Waals surface area contributed by atoms with Crippen molar-refractivity contribution in [1.82, 2.24) is 10.6 Å². The van der Waals surface area contributed by atoms with Gasteiger partial charge in [-0.2, -0.15) is 0 Å². The summed E-state index contributed by atoms with van der Waals surface area (Å²) in [4.78, 5) is 23.5. The van der Waals surface area contributed by atoms with Crippen LogP contribution in [0.25, 0.3) is 0 Å². The number of amides is 2. The van der Waals surface area contributed by atoms with Crippen LogP contribution in [0.3, 0.4) is 0 Å². The molecule has 0 heterocycles. The summed E-state index contributed by atoms with van der Waals surface area (Å²) in [7, 11) is 1.67. The molecule has 0 aromatic rings. The highest BCUT2D eigenvalue weighted by Gasteiger charge is 2.39. The monoisotopic (exact) mass is 300 g/mol. The first-order chi connectivity index (χ1) is 10.1. The summed E-state index contributed by atoms with van der Waals surface area (Å²) in [6.45, 7) is 1.29. The molecule has 0 saturated heterocycles. The average Bonchev–Trinajstić information content (AvgIpc) is 2.69. The van der Waals surface area contributed by atoms with Gasteiger partial charge in [-0.05, 0) is 32.1 Å². The van der Waals surface area contributed by atoms with Crippen LogP contribution in [0.5, 0.6) is 0 Å². The summed E-state index contributed by atoms with van der Waals surface area (Å²) in [5.41, 5.74) is -1.09. The Morgan fingerprint density at radius 3 is 2.33 bits per heavy atom. The second-order valence-electron chi connectivity index (χ2n) is 5.74. The summed E-state index contributed by atoms with van der Waals surface area (Å²) in [6.07, 6.45) is 7.64. The van der Waals surface area contributed by atoms with E-state index in [1.165, 1.54) is 0 Å². The number of ether oxygens (including phenoxy) is 1. The van der Waals surface area contributed by atoms with Gasteiger partial charge in [0.05, 0.1) is 0 Å². The number of carboxylic acids is 1. The number of urea groups is 1. The van der Waals surface area contributed by atoms with Gasteiger partial charge in [0.15, 0.2) is 0 Å². The Balaban J connectivity index is 2.33. The lowest BCUT2D eigenvalue weighted by Gasteiger charge is -2.29. The zero-order valence-corrected chi connectivity index (χ0v) is 13.0. The van der Waals surface area contributed by atoms with E-state index in [-0.39, 0.29) is 6.03 Å². The third kappa shape index (κ3) is 6.33. The van der Waals surface area contributed by atoms with Crippen molar-refractivity contribution in [3.63, 3.8) is 0 Å². The molecule has 0 aliphatic heterocycles. The van der Waals surface area contributed by atoms with Crippen molar-refractivity contribution in [2.24, 2.45) is 0 Å². The molecule has 0 radical (unpaired) electrons. The molecule has 1 fully saturated rings. The molecule has 2 amide bonds. The van der Waals surface area contributed by atoms with Gasteiger partial charge in [0.25, 0.3) is 0 Å². The summed E-state index contributed by atoms with van der Waals surface area (Å²) in [6, 6.07) is -0.369. The van der Waals surface area contributed by atoms with Crippen LogP contribution in [0, 0.1) is 0 Å². The first-order valence-corrected chi connectivity index (χ1v) is 7.89. The topological polar surface area (TPSA) is 87.7 Å². The van der Waals surface area contributed by atoms with E-state index in [0.29, 0.717) is 19.4 Å². The summed E-state index contributed by atoms with van der Waals surface area (Å²) in [5, 5.41) is 14.9. The fourth-order valence-corrected chi connectivity index (χ4v) is 2.74. The van der Waals surface area contributed by atoms with Crippen molar-refractivity contribution in [2.75, 3.05) is 20.3 Å². The molecule has 6 heteroatoms. The molecule has 3 N–H and O–H groups in total. The minimum absolute atomic E-state index is 0.369. The number of carboxylic acid groups (broad SMARTS) is 1. The van der Waals surface area contributed by atoms with Crippen LogP contribution in [0.2, 0.25) is 0 Å². The predicted octanol–water partition coefficient (Wildman–Crippen LogP) is 2.28. The lowest BCUT2D eigenvalue weighted by Crippen LogP contribution is -2.57. The number of hydrogen-bond donors (Lipinski definition) is 3. The molecular formula is C15H28N2O4. The van der Waals surface area contributed by atoms with Crippen LogP contribution in [0.15, 0.2) is 0 Å². The van der Waals surface area contributed by atoms with Gasteiger partial charge in [0.1, 0.15) is 5.54 Å². The van der Waals surface area contributed by atoms with Crippen LogP contribution in [-0.2, 0) is 9.53 Å². The Kier molecular flexibility index (Phi) is 8.12. The zero-order valence-electron chi connectivity index (χ0n) is 13.0. The van der Waals surface area contributed by atoms with E-state index in [1.807, 2.05) is 0 Å². The van der Waals surface area contributed by atoms with Crippen molar-refractivity contribution in [3.8, 4) is 0 Å². The van der Waals surface area contributed by atoms with E-state index in [1.54, 1.807) is 7.11 Å². The van der Waals surface area contributed by atoms with E-state index in [2.05, 4.69) is 10.6 Å². The third-order valence-corrected chi connectivity index (χ3v) is 4.03. The Hall–Kier alpha value is -1.30. The van der Waals surface area contributed by atoms with Gasteiger partial charge in [0, 0.05) is 20.3 Å². The molecule has 0 unspecified atom stereocenters. The molecule has 0 aromatic carbocycles. The molecule has 122 valence electrons. The minimum atomic E-state index is -1.09. The van der Waals surface area contributed by atoms with E-state index < -0.39 is 11.5 Å². The molecule has 0 aromatic heterocycles. The maximum atomic E-state index is 11.9. The van der Waals surface area contributed by atoms with Crippen LogP contribution in [0.4, 0.5) is 4.79 Å². The normalized spacial score (nSPS) is 17.8. The van der Waals surface area contributed by atoms with Crippen LogP contribution in [0.1, 0.15) is 57.8 Å². The SMILES string of the molecule is COCCCCCNC(=O)NC1(C(=O)O)CCCCCC1. The van der Waals surface area contributed by atoms with Gasteiger partial charge in [-0.1, -0.05) is 25.7 Å². The Bertz CT molecular complexity index is 326. The minimum Gasteiger partial charge on any atom is -0.480 e. The van der Waals surface area contributed by atoms with Gasteiger partial charge >= 0.3 is 12.0 Å². The van der Waals surface area contributed by atoms with Crippen LogP contribution >= 0.6 is 0 Å². The Labute approximate surface area is 126 Å². The maximum absolute atomic E-state index is 11.9. The number of carbonyl (C=O) groups is 2. The molecule has 0 bridgehead atoms. The van der Waals surface area contributed by atoms with E-state index >= 15 is 0 Å². The molecule has 1 aliphatic rings. The zero-order chi connectivity index (χ0) is 15.6. The second-order valence-corrected chi connectivity index (χ2v) is 5.74. The van der Waals surface area contributed by atoms with Crippen molar-refractivity contribution in [3.05, 3.63) is 0 Å². The molecule has 0 atom stereocenters. The summed E-state index contributed by atoms with van der Waals surface area (Å²) in [5.74, 6) is -0.917. The smallest absolute Gasteiger partial charge is 0.329 e. The third-order valence-electron chi connectivity index (χ3n) is 4.03. The van der Waals surface area contributed by atoms with Crippen molar-refractivity contribution in [1.29, 1.82) is 0 Å². The van der Waals surface area contributed by atoms with Gasteiger partial charge in [-0.25, -0.2) is 9.59 Å². The van der Waals surface area contributed by atoms with Gasteiger partial charge in [-0.15, -0.1) is 0 Å². The van der Waals surface area contributed by atoms with E-state index in [0.717, 1.165) is 51.6 Å².